The number of carbonyl (C=O) groups excluding carboxylic acids is 2. The van der Waals surface area contributed by atoms with Crippen molar-refractivity contribution in [3.05, 3.63) is 35.4 Å². The summed E-state index contributed by atoms with van der Waals surface area (Å²) < 4.78 is 5.08. The molecule has 0 spiro atoms. The normalized spacial score (nSPS) is 10.3. The van der Waals surface area contributed by atoms with Gasteiger partial charge in [0.2, 0.25) is 0 Å². The average Bonchev–Trinajstić information content (AvgIpc) is 2.25. The first-order chi connectivity index (χ1) is 7.19. The standard InChI is InChI=1S/C12H12O3/c1-9(14)11-6-5-10(4-3-7-13)8-12(11)15-2/h3-8H,1-2H3/b4-3+. The van der Waals surface area contributed by atoms with E-state index in [0.29, 0.717) is 17.6 Å². The molecular formula is C12H12O3. The van der Waals surface area contributed by atoms with Crippen LogP contribution in [0, 0.1) is 0 Å². The van der Waals surface area contributed by atoms with Crippen molar-refractivity contribution >= 4 is 18.1 Å². The van der Waals surface area contributed by atoms with Crippen molar-refractivity contribution in [2.45, 2.75) is 6.92 Å². The van der Waals surface area contributed by atoms with E-state index >= 15 is 0 Å². The highest BCUT2D eigenvalue weighted by Gasteiger charge is 2.07. The Labute approximate surface area is 88.4 Å². The quantitative estimate of drug-likeness (QED) is 0.428. The number of Topliss-reactive ketones (excluding diaryl/α,β-unsaturated/α-hetero) is 1. The van der Waals surface area contributed by atoms with Gasteiger partial charge in [-0.1, -0.05) is 12.1 Å². The Hall–Kier alpha value is -1.90. The van der Waals surface area contributed by atoms with E-state index < -0.39 is 0 Å². The summed E-state index contributed by atoms with van der Waals surface area (Å²) in [6.07, 6.45) is 3.74. The molecule has 0 aliphatic carbocycles. The number of allylic oxidation sites excluding steroid dienone is 1. The van der Waals surface area contributed by atoms with Crippen molar-refractivity contribution in [1.82, 2.24) is 0 Å². The number of ether oxygens (including phenoxy) is 1. The number of aldehydes is 1. The number of benzene rings is 1. The van der Waals surface area contributed by atoms with Gasteiger partial charge in [-0.15, -0.1) is 0 Å². The molecule has 3 nitrogen and oxygen atoms in total. The van der Waals surface area contributed by atoms with E-state index in [1.807, 2.05) is 0 Å². The fraction of sp³-hybridized carbons (Fsp3) is 0.167. The molecule has 0 unspecified atom stereocenters. The number of hydrogen-bond acceptors (Lipinski definition) is 3. The summed E-state index contributed by atoms with van der Waals surface area (Å²) in [4.78, 5) is 21.3. The topological polar surface area (TPSA) is 43.4 Å². The van der Waals surface area contributed by atoms with Crippen LogP contribution in [-0.2, 0) is 4.79 Å². The van der Waals surface area contributed by atoms with Gasteiger partial charge in [-0.05, 0) is 30.7 Å². The van der Waals surface area contributed by atoms with Gasteiger partial charge >= 0.3 is 0 Å². The molecular weight excluding hydrogens is 192 g/mol. The van der Waals surface area contributed by atoms with E-state index in [4.69, 9.17) is 4.74 Å². The van der Waals surface area contributed by atoms with E-state index in [2.05, 4.69) is 0 Å². The molecule has 15 heavy (non-hydrogen) atoms. The molecule has 1 aromatic carbocycles. The van der Waals surface area contributed by atoms with Crippen molar-refractivity contribution in [3.8, 4) is 5.75 Å². The zero-order chi connectivity index (χ0) is 11.3. The zero-order valence-electron chi connectivity index (χ0n) is 8.69. The van der Waals surface area contributed by atoms with E-state index in [-0.39, 0.29) is 5.78 Å². The van der Waals surface area contributed by atoms with Crippen LogP contribution < -0.4 is 4.74 Å². The number of methoxy groups -OCH3 is 1. The Balaban J connectivity index is 3.12. The molecule has 0 amide bonds. The number of hydrogen-bond donors (Lipinski definition) is 0. The smallest absolute Gasteiger partial charge is 0.163 e. The van der Waals surface area contributed by atoms with Crippen LogP contribution in [0.25, 0.3) is 6.08 Å². The molecule has 0 saturated carbocycles. The molecule has 0 aliphatic heterocycles. The molecule has 0 saturated heterocycles. The maximum absolute atomic E-state index is 11.2. The molecule has 0 fully saturated rings. The van der Waals surface area contributed by atoms with Crippen LogP contribution in [0.3, 0.4) is 0 Å². The Morgan fingerprint density at radius 2 is 2.13 bits per heavy atom. The summed E-state index contributed by atoms with van der Waals surface area (Å²) in [6, 6.07) is 5.17. The minimum Gasteiger partial charge on any atom is -0.496 e. The number of rotatable bonds is 4. The van der Waals surface area contributed by atoms with Crippen LogP contribution in [0.1, 0.15) is 22.8 Å². The largest absolute Gasteiger partial charge is 0.496 e. The highest BCUT2D eigenvalue weighted by molar-refractivity contribution is 5.97. The molecule has 0 heterocycles. The van der Waals surface area contributed by atoms with E-state index in [0.717, 1.165) is 5.56 Å². The SMILES string of the molecule is COc1cc(/C=C/C=O)ccc1C(C)=O. The highest BCUT2D eigenvalue weighted by atomic mass is 16.5. The predicted octanol–water partition coefficient (Wildman–Crippen LogP) is 2.11. The Morgan fingerprint density at radius 1 is 1.40 bits per heavy atom. The average molecular weight is 204 g/mol. The summed E-state index contributed by atoms with van der Waals surface area (Å²) in [5.41, 5.74) is 1.37. The van der Waals surface area contributed by atoms with Gasteiger partial charge in [0, 0.05) is 0 Å². The lowest BCUT2D eigenvalue weighted by Gasteiger charge is -2.06. The van der Waals surface area contributed by atoms with Gasteiger partial charge in [-0.3, -0.25) is 9.59 Å². The second-order valence-electron chi connectivity index (χ2n) is 3.01. The fourth-order valence-corrected chi connectivity index (χ4v) is 1.25. The van der Waals surface area contributed by atoms with Crippen LogP contribution in [0.2, 0.25) is 0 Å². The molecule has 0 N–H and O–H groups in total. The third kappa shape index (κ3) is 2.77. The zero-order valence-corrected chi connectivity index (χ0v) is 8.69. The predicted molar refractivity (Wildman–Crippen MR) is 58.1 cm³/mol. The van der Waals surface area contributed by atoms with E-state index in [1.165, 1.54) is 20.1 Å². The first-order valence-corrected chi connectivity index (χ1v) is 4.50. The van der Waals surface area contributed by atoms with Crippen molar-refractivity contribution in [3.63, 3.8) is 0 Å². The minimum atomic E-state index is -0.0437. The molecule has 0 atom stereocenters. The molecule has 1 aromatic rings. The second kappa shape index (κ2) is 5.10. The molecule has 3 heteroatoms. The summed E-state index contributed by atoms with van der Waals surface area (Å²) in [5.74, 6) is 0.480. The van der Waals surface area contributed by atoms with Crippen LogP contribution in [0.4, 0.5) is 0 Å². The minimum absolute atomic E-state index is 0.0437. The highest BCUT2D eigenvalue weighted by Crippen LogP contribution is 2.21. The van der Waals surface area contributed by atoms with Gasteiger partial charge in [0.05, 0.1) is 12.7 Å². The monoisotopic (exact) mass is 204 g/mol. The van der Waals surface area contributed by atoms with Crippen molar-refractivity contribution in [1.29, 1.82) is 0 Å². The number of carbonyl (C=O) groups is 2. The number of ketones is 1. The summed E-state index contributed by atoms with van der Waals surface area (Å²) >= 11 is 0. The summed E-state index contributed by atoms with van der Waals surface area (Å²) in [5, 5.41) is 0. The van der Waals surface area contributed by atoms with E-state index in [9.17, 15) is 9.59 Å². The Kier molecular flexibility index (Phi) is 3.80. The lowest BCUT2D eigenvalue weighted by Crippen LogP contribution is -1.97. The van der Waals surface area contributed by atoms with Gasteiger partial charge in [0.25, 0.3) is 0 Å². The van der Waals surface area contributed by atoms with Gasteiger partial charge in [-0.2, -0.15) is 0 Å². The Bertz CT molecular complexity index is 405. The summed E-state index contributed by atoms with van der Waals surface area (Å²) in [6.45, 7) is 1.48. The third-order valence-electron chi connectivity index (χ3n) is 1.97. The van der Waals surface area contributed by atoms with Crippen molar-refractivity contribution in [2.24, 2.45) is 0 Å². The molecule has 1 rings (SSSR count). The van der Waals surface area contributed by atoms with Gasteiger partial charge < -0.3 is 4.74 Å². The first kappa shape index (κ1) is 11.2. The van der Waals surface area contributed by atoms with Gasteiger partial charge in [-0.25, -0.2) is 0 Å². The van der Waals surface area contributed by atoms with Crippen molar-refractivity contribution in [2.75, 3.05) is 7.11 Å². The van der Waals surface area contributed by atoms with Crippen molar-refractivity contribution < 1.29 is 14.3 Å². The van der Waals surface area contributed by atoms with Crippen LogP contribution in [0.15, 0.2) is 24.3 Å². The van der Waals surface area contributed by atoms with Crippen LogP contribution in [-0.4, -0.2) is 19.2 Å². The molecule has 0 aromatic heterocycles. The van der Waals surface area contributed by atoms with Crippen LogP contribution >= 0.6 is 0 Å². The fourth-order valence-electron chi connectivity index (χ4n) is 1.25. The molecule has 0 radical (unpaired) electrons. The molecule has 78 valence electrons. The maximum atomic E-state index is 11.2. The van der Waals surface area contributed by atoms with Gasteiger partial charge in [0.1, 0.15) is 12.0 Å². The summed E-state index contributed by atoms with van der Waals surface area (Å²) in [7, 11) is 1.51. The lowest BCUT2D eigenvalue weighted by atomic mass is 10.1. The van der Waals surface area contributed by atoms with E-state index in [1.54, 1.807) is 24.3 Å². The third-order valence-corrected chi connectivity index (χ3v) is 1.97. The first-order valence-electron chi connectivity index (χ1n) is 4.50. The molecule has 0 aliphatic rings. The molecule has 0 bridgehead atoms. The second-order valence-corrected chi connectivity index (χ2v) is 3.01. The Morgan fingerprint density at radius 3 is 2.67 bits per heavy atom. The lowest BCUT2D eigenvalue weighted by molar-refractivity contribution is -0.104. The van der Waals surface area contributed by atoms with Crippen LogP contribution in [0.5, 0.6) is 5.75 Å². The van der Waals surface area contributed by atoms with Gasteiger partial charge in [0.15, 0.2) is 5.78 Å². The maximum Gasteiger partial charge on any atom is 0.163 e.